The third-order valence-electron chi connectivity index (χ3n) is 3.25. The molecule has 0 saturated heterocycles. The van der Waals surface area contributed by atoms with Gasteiger partial charge in [-0.15, -0.1) is 10.2 Å². The zero-order chi connectivity index (χ0) is 16.7. The third-order valence-corrected chi connectivity index (χ3v) is 6.38. The van der Waals surface area contributed by atoms with E-state index in [1.165, 1.54) is 17.3 Å². The molecule has 0 fully saturated rings. The van der Waals surface area contributed by atoms with Gasteiger partial charge in [-0.05, 0) is 24.2 Å². The second kappa shape index (κ2) is 9.30. The number of nitrogens with zero attached hydrogens (tertiary/aromatic N) is 2. The van der Waals surface area contributed by atoms with E-state index < -0.39 is 0 Å². The van der Waals surface area contributed by atoms with Crippen molar-refractivity contribution in [3.8, 4) is 0 Å². The maximum absolute atomic E-state index is 12.2. The van der Waals surface area contributed by atoms with Gasteiger partial charge in [0.15, 0.2) is 8.68 Å². The summed E-state index contributed by atoms with van der Waals surface area (Å²) in [6, 6.07) is 10.2. The first-order valence-corrected chi connectivity index (χ1v) is 10.2. The average Bonchev–Trinajstić information content (AvgIpc) is 3.00. The second-order valence-electron chi connectivity index (χ2n) is 5.08. The summed E-state index contributed by atoms with van der Waals surface area (Å²) in [5.41, 5.74) is 1.23. The predicted octanol–water partition coefficient (Wildman–Crippen LogP) is 4.05. The molecule has 2 rings (SSSR count). The van der Waals surface area contributed by atoms with Crippen LogP contribution in [0.25, 0.3) is 0 Å². The topological polar surface area (TPSA) is 54.9 Å². The Labute approximate surface area is 149 Å². The van der Waals surface area contributed by atoms with E-state index in [-0.39, 0.29) is 11.2 Å². The molecule has 1 aromatic carbocycles. The van der Waals surface area contributed by atoms with E-state index in [1.54, 1.807) is 23.1 Å². The van der Waals surface area contributed by atoms with Crippen LogP contribution in [0, 0.1) is 0 Å². The Kier molecular flexibility index (Phi) is 7.39. The number of hydrogen-bond donors (Lipinski definition) is 1. The van der Waals surface area contributed by atoms with E-state index in [0.717, 1.165) is 14.4 Å². The highest BCUT2D eigenvalue weighted by molar-refractivity contribution is 8.03. The number of amides is 1. The molecule has 0 bridgehead atoms. The Morgan fingerprint density at radius 3 is 2.61 bits per heavy atom. The Balaban J connectivity index is 1.80. The maximum atomic E-state index is 12.2. The van der Waals surface area contributed by atoms with E-state index in [0.29, 0.717) is 12.5 Å². The molecule has 0 aliphatic carbocycles. The minimum Gasteiger partial charge on any atom is -0.355 e. The van der Waals surface area contributed by atoms with Crippen molar-refractivity contribution in [3.63, 3.8) is 0 Å². The van der Waals surface area contributed by atoms with Gasteiger partial charge in [-0.3, -0.25) is 4.79 Å². The molecule has 0 aliphatic rings. The van der Waals surface area contributed by atoms with Crippen molar-refractivity contribution in [1.82, 2.24) is 15.5 Å². The van der Waals surface area contributed by atoms with Gasteiger partial charge in [0.1, 0.15) is 0 Å². The van der Waals surface area contributed by atoms with Crippen molar-refractivity contribution in [1.29, 1.82) is 0 Å². The lowest BCUT2D eigenvalue weighted by Gasteiger charge is -2.15. The Bertz CT molecular complexity index is 618. The first-order chi connectivity index (χ1) is 11.1. The van der Waals surface area contributed by atoms with Gasteiger partial charge in [0.25, 0.3) is 0 Å². The molecule has 7 heteroatoms. The summed E-state index contributed by atoms with van der Waals surface area (Å²) in [7, 11) is 0. The number of carbonyl (C=O) groups excluding carboxylic acids is 1. The number of aromatic nitrogens is 2. The van der Waals surface area contributed by atoms with Crippen molar-refractivity contribution in [3.05, 3.63) is 35.9 Å². The van der Waals surface area contributed by atoms with Crippen LogP contribution in [0.4, 0.5) is 0 Å². The van der Waals surface area contributed by atoms with Gasteiger partial charge in [0, 0.05) is 6.54 Å². The first kappa shape index (κ1) is 18.3. The molecule has 4 nitrogen and oxygen atoms in total. The van der Waals surface area contributed by atoms with Crippen LogP contribution < -0.4 is 5.32 Å². The highest BCUT2D eigenvalue weighted by Gasteiger charge is 2.18. The average molecular weight is 368 g/mol. The molecule has 1 heterocycles. The molecule has 0 radical (unpaired) electrons. The van der Waals surface area contributed by atoms with Crippen LogP contribution >= 0.6 is 34.9 Å². The van der Waals surface area contributed by atoms with Crippen LogP contribution in [0.1, 0.15) is 32.3 Å². The minimum atomic E-state index is -0.176. The maximum Gasteiger partial charge on any atom is 0.233 e. The number of benzene rings is 1. The first-order valence-electron chi connectivity index (χ1n) is 7.55. The largest absolute Gasteiger partial charge is 0.355 e. The van der Waals surface area contributed by atoms with Crippen molar-refractivity contribution in [2.75, 3.05) is 12.3 Å². The summed E-state index contributed by atoms with van der Waals surface area (Å²) in [5, 5.41) is 11.1. The quantitative estimate of drug-likeness (QED) is 0.713. The van der Waals surface area contributed by atoms with Crippen molar-refractivity contribution < 1.29 is 4.79 Å². The van der Waals surface area contributed by atoms with Crippen molar-refractivity contribution in [2.45, 2.75) is 40.6 Å². The molecule has 2 aromatic rings. The Morgan fingerprint density at radius 1 is 1.22 bits per heavy atom. The molecular weight excluding hydrogens is 346 g/mol. The number of rotatable bonds is 8. The highest BCUT2D eigenvalue weighted by atomic mass is 32.2. The number of carbonyl (C=O) groups is 1. The van der Waals surface area contributed by atoms with Gasteiger partial charge in [0.05, 0.1) is 5.25 Å². The fourth-order valence-corrected chi connectivity index (χ4v) is 5.01. The fourth-order valence-electron chi connectivity index (χ4n) is 1.93. The van der Waals surface area contributed by atoms with Gasteiger partial charge < -0.3 is 5.32 Å². The van der Waals surface area contributed by atoms with Gasteiger partial charge in [-0.25, -0.2) is 0 Å². The summed E-state index contributed by atoms with van der Waals surface area (Å²) in [5.74, 6) is 1.32. The number of nitrogens with one attached hydrogen (secondary N) is 1. The molecular formula is C16H21N3OS3. The summed E-state index contributed by atoms with van der Waals surface area (Å²) >= 11 is 4.69. The van der Waals surface area contributed by atoms with E-state index in [9.17, 15) is 4.79 Å². The highest BCUT2D eigenvalue weighted by Crippen LogP contribution is 2.31. The van der Waals surface area contributed by atoms with E-state index in [4.69, 9.17) is 0 Å². The number of thioether (sulfide) groups is 2. The molecule has 124 valence electrons. The van der Waals surface area contributed by atoms with Gasteiger partial charge in [0.2, 0.25) is 5.91 Å². The van der Waals surface area contributed by atoms with Crippen LogP contribution in [0.2, 0.25) is 0 Å². The standard InChI is InChI=1S/C16H21N3OS3/c1-4-21-15-18-19-16(23-15)22-12(3)14(20)17-10-11(2)13-8-6-5-7-9-13/h5-9,11-12H,4,10H2,1-3H3,(H,17,20). The molecule has 0 spiro atoms. The fraction of sp³-hybridized carbons (Fsp3) is 0.438. The monoisotopic (exact) mass is 367 g/mol. The normalized spacial score (nSPS) is 13.5. The zero-order valence-electron chi connectivity index (χ0n) is 13.5. The van der Waals surface area contributed by atoms with Crippen LogP contribution in [0.5, 0.6) is 0 Å². The van der Waals surface area contributed by atoms with Crippen LogP contribution in [-0.4, -0.2) is 33.7 Å². The molecule has 2 atom stereocenters. The Hall–Kier alpha value is -1.05. The summed E-state index contributed by atoms with van der Waals surface area (Å²) in [6.07, 6.45) is 0. The summed E-state index contributed by atoms with van der Waals surface area (Å²) in [4.78, 5) is 12.2. The smallest absolute Gasteiger partial charge is 0.233 e. The SMILES string of the molecule is CCSc1nnc(SC(C)C(=O)NCC(C)c2ccccc2)s1. The second-order valence-corrected chi connectivity index (χ2v) is 9.16. The molecule has 23 heavy (non-hydrogen) atoms. The van der Waals surface area contributed by atoms with Gasteiger partial charge >= 0.3 is 0 Å². The lowest BCUT2D eigenvalue weighted by Crippen LogP contribution is -2.33. The third kappa shape index (κ3) is 5.82. The predicted molar refractivity (Wildman–Crippen MR) is 99.5 cm³/mol. The Morgan fingerprint density at radius 2 is 1.91 bits per heavy atom. The number of hydrogen-bond acceptors (Lipinski definition) is 6. The van der Waals surface area contributed by atoms with Crippen LogP contribution in [-0.2, 0) is 4.79 Å². The minimum absolute atomic E-state index is 0.0395. The molecule has 2 unspecified atom stereocenters. The van der Waals surface area contributed by atoms with Crippen LogP contribution in [0.15, 0.2) is 39.0 Å². The summed E-state index contributed by atoms with van der Waals surface area (Å²) < 4.78 is 1.81. The van der Waals surface area contributed by atoms with Gasteiger partial charge in [-0.2, -0.15) is 0 Å². The van der Waals surface area contributed by atoms with Crippen molar-refractivity contribution >= 4 is 40.8 Å². The lowest BCUT2D eigenvalue weighted by atomic mass is 10.0. The van der Waals surface area contributed by atoms with Gasteiger partial charge in [-0.1, -0.05) is 79.0 Å². The van der Waals surface area contributed by atoms with E-state index in [1.807, 2.05) is 25.1 Å². The molecule has 1 N–H and O–H groups in total. The van der Waals surface area contributed by atoms with E-state index in [2.05, 4.69) is 41.5 Å². The van der Waals surface area contributed by atoms with E-state index >= 15 is 0 Å². The lowest BCUT2D eigenvalue weighted by molar-refractivity contribution is -0.120. The summed E-state index contributed by atoms with van der Waals surface area (Å²) in [6.45, 7) is 6.75. The molecule has 0 saturated carbocycles. The molecule has 1 amide bonds. The van der Waals surface area contributed by atoms with Crippen molar-refractivity contribution in [2.24, 2.45) is 0 Å². The molecule has 1 aromatic heterocycles. The van der Waals surface area contributed by atoms with Crippen LogP contribution in [0.3, 0.4) is 0 Å². The zero-order valence-corrected chi connectivity index (χ0v) is 15.9. The molecule has 0 aliphatic heterocycles.